The SMILES string of the molecule is Oc1ccc(CC2CCN(CC#Cc3ccccc3)CC2)cc1. The lowest BCUT2D eigenvalue weighted by molar-refractivity contribution is 0.203. The summed E-state index contributed by atoms with van der Waals surface area (Å²) in [6.45, 7) is 3.12. The summed E-state index contributed by atoms with van der Waals surface area (Å²) in [6.07, 6.45) is 3.58. The van der Waals surface area contributed by atoms with Gasteiger partial charge >= 0.3 is 0 Å². The van der Waals surface area contributed by atoms with E-state index in [9.17, 15) is 5.11 Å². The molecular formula is C21H23NO. The molecule has 1 saturated heterocycles. The smallest absolute Gasteiger partial charge is 0.115 e. The minimum atomic E-state index is 0.348. The number of nitrogens with zero attached hydrogens (tertiary/aromatic N) is 1. The summed E-state index contributed by atoms with van der Waals surface area (Å²) < 4.78 is 0. The number of aromatic hydroxyl groups is 1. The van der Waals surface area contributed by atoms with Gasteiger partial charge in [0, 0.05) is 5.56 Å². The molecule has 1 heterocycles. The largest absolute Gasteiger partial charge is 0.508 e. The molecule has 23 heavy (non-hydrogen) atoms. The van der Waals surface area contributed by atoms with Crippen LogP contribution < -0.4 is 0 Å². The maximum absolute atomic E-state index is 9.34. The fourth-order valence-corrected chi connectivity index (χ4v) is 3.09. The molecule has 1 N–H and O–H groups in total. The quantitative estimate of drug-likeness (QED) is 0.874. The Kier molecular flexibility index (Phi) is 5.34. The van der Waals surface area contributed by atoms with E-state index in [0.717, 1.165) is 37.5 Å². The molecule has 2 aromatic carbocycles. The second-order valence-corrected chi connectivity index (χ2v) is 6.26. The van der Waals surface area contributed by atoms with E-state index in [1.54, 1.807) is 12.1 Å². The number of likely N-dealkylation sites (tertiary alicyclic amines) is 1. The number of phenolic OH excluding ortho intramolecular Hbond substituents is 1. The van der Waals surface area contributed by atoms with Crippen molar-refractivity contribution in [3.63, 3.8) is 0 Å². The van der Waals surface area contributed by atoms with E-state index < -0.39 is 0 Å². The molecule has 0 spiro atoms. The highest BCUT2D eigenvalue weighted by atomic mass is 16.3. The molecule has 0 amide bonds. The molecule has 0 bridgehead atoms. The van der Waals surface area contributed by atoms with E-state index in [1.165, 1.54) is 18.4 Å². The van der Waals surface area contributed by atoms with Crippen LogP contribution in [0.15, 0.2) is 54.6 Å². The number of piperidine rings is 1. The van der Waals surface area contributed by atoms with Gasteiger partial charge in [0.1, 0.15) is 5.75 Å². The van der Waals surface area contributed by atoms with E-state index in [4.69, 9.17) is 0 Å². The average molecular weight is 305 g/mol. The first-order valence-corrected chi connectivity index (χ1v) is 8.34. The molecule has 0 unspecified atom stereocenters. The second-order valence-electron chi connectivity index (χ2n) is 6.26. The molecule has 0 aromatic heterocycles. The van der Waals surface area contributed by atoms with Crippen LogP contribution >= 0.6 is 0 Å². The zero-order valence-corrected chi connectivity index (χ0v) is 13.4. The summed E-state index contributed by atoms with van der Waals surface area (Å²) in [4.78, 5) is 2.45. The van der Waals surface area contributed by atoms with Gasteiger partial charge in [0.25, 0.3) is 0 Å². The van der Waals surface area contributed by atoms with Crippen molar-refractivity contribution in [2.45, 2.75) is 19.3 Å². The third-order valence-corrected chi connectivity index (χ3v) is 4.48. The van der Waals surface area contributed by atoms with Crippen molar-refractivity contribution in [1.29, 1.82) is 0 Å². The molecule has 3 rings (SSSR count). The number of phenols is 1. The first kappa shape index (κ1) is 15.6. The molecule has 118 valence electrons. The van der Waals surface area contributed by atoms with Crippen LogP contribution in [0.5, 0.6) is 5.75 Å². The molecule has 0 atom stereocenters. The van der Waals surface area contributed by atoms with Gasteiger partial charge in [0.05, 0.1) is 6.54 Å². The topological polar surface area (TPSA) is 23.5 Å². The molecule has 1 aliphatic rings. The lowest BCUT2D eigenvalue weighted by atomic mass is 9.90. The summed E-state index contributed by atoms with van der Waals surface area (Å²) in [6, 6.07) is 17.8. The molecule has 1 fully saturated rings. The van der Waals surface area contributed by atoms with Crippen LogP contribution in [-0.2, 0) is 6.42 Å². The summed E-state index contributed by atoms with van der Waals surface area (Å²) in [5.41, 5.74) is 2.42. The van der Waals surface area contributed by atoms with Gasteiger partial charge in [-0.15, -0.1) is 0 Å². The third-order valence-electron chi connectivity index (χ3n) is 4.48. The lowest BCUT2D eigenvalue weighted by Gasteiger charge is -2.30. The lowest BCUT2D eigenvalue weighted by Crippen LogP contribution is -2.34. The summed E-state index contributed by atoms with van der Waals surface area (Å²) in [5.74, 6) is 7.62. The van der Waals surface area contributed by atoms with Crippen molar-refractivity contribution in [3.05, 3.63) is 65.7 Å². The molecular weight excluding hydrogens is 282 g/mol. The Morgan fingerprint density at radius 1 is 0.957 bits per heavy atom. The zero-order valence-electron chi connectivity index (χ0n) is 13.4. The fourth-order valence-electron chi connectivity index (χ4n) is 3.09. The van der Waals surface area contributed by atoms with Crippen molar-refractivity contribution in [2.75, 3.05) is 19.6 Å². The van der Waals surface area contributed by atoms with Crippen LogP contribution in [0.1, 0.15) is 24.0 Å². The molecule has 2 heteroatoms. The number of benzene rings is 2. The van der Waals surface area contributed by atoms with E-state index in [1.807, 2.05) is 30.3 Å². The Balaban J connectivity index is 1.43. The average Bonchev–Trinajstić information content (AvgIpc) is 2.59. The Labute approximate surface area is 138 Å². The molecule has 1 aliphatic heterocycles. The number of rotatable bonds is 3. The van der Waals surface area contributed by atoms with Gasteiger partial charge in [-0.25, -0.2) is 0 Å². The van der Waals surface area contributed by atoms with E-state index in [0.29, 0.717) is 5.75 Å². The van der Waals surface area contributed by atoms with Gasteiger partial charge in [-0.1, -0.05) is 42.2 Å². The van der Waals surface area contributed by atoms with Gasteiger partial charge in [-0.2, -0.15) is 0 Å². The minimum Gasteiger partial charge on any atom is -0.508 e. The van der Waals surface area contributed by atoms with Crippen LogP contribution in [0.3, 0.4) is 0 Å². The maximum atomic E-state index is 9.34. The molecule has 0 radical (unpaired) electrons. The van der Waals surface area contributed by atoms with Crippen molar-refractivity contribution >= 4 is 0 Å². The Morgan fingerprint density at radius 2 is 1.65 bits per heavy atom. The van der Waals surface area contributed by atoms with Crippen LogP contribution in [0.4, 0.5) is 0 Å². The summed E-state index contributed by atoms with van der Waals surface area (Å²) >= 11 is 0. The van der Waals surface area contributed by atoms with Crippen LogP contribution in [0, 0.1) is 17.8 Å². The minimum absolute atomic E-state index is 0.348. The van der Waals surface area contributed by atoms with Crippen molar-refractivity contribution in [1.82, 2.24) is 4.90 Å². The predicted molar refractivity (Wildman–Crippen MR) is 94.3 cm³/mol. The highest BCUT2D eigenvalue weighted by molar-refractivity contribution is 5.33. The normalized spacial score (nSPS) is 15.8. The molecule has 2 aromatic rings. The first-order chi connectivity index (χ1) is 11.3. The van der Waals surface area contributed by atoms with Gasteiger partial charge in [-0.3, -0.25) is 4.90 Å². The van der Waals surface area contributed by atoms with Crippen LogP contribution in [0.2, 0.25) is 0 Å². The zero-order chi connectivity index (χ0) is 15.9. The van der Waals surface area contributed by atoms with E-state index >= 15 is 0 Å². The molecule has 0 saturated carbocycles. The number of hydrogen-bond acceptors (Lipinski definition) is 2. The van der Waals surface area contributed by atoms with E-state index in [2.05, 4.69) is 28.9 Å². The Hall–Kier alpha value is -2.24. The third kappa shape index (κ3) is 4.87. The molecule has 2 nitrogen and oxygen atoms in total. The highest BCUT2D eigenvalue weighted by Gasteiger charge is 2.18. The van der Waals surface area contributed by atoms with Crippen molar-refractivity contribution in [2.24, 2.45) is 5.92 Å². The Bertz CT molecular complexity index is 658. The number of hydrogen-bond donors (Lipinski definition) is 1. The highest BCUT2D eigenvalue weighted by Crippen LogP contribution is 2.22. The Morgan fingerprint density at radius 3 is 2.35 bits per heavy atom. The van der Waals surface area contributed by atoms with Crippen LogP contribution in [0.25, 0.3) is 0 Å². The predicted octanol–water partition coefficient (Wildman–Crippen LogP) is 3.70. The molecule has 0 aliphatic carbocycles. The van der Waals surface area contributed by atoms with Gasteiger partial charge in [0.15, 0.2) is 0 Å². The standard InChI is InChI=1S/C21H23NO/c23-21-10-8-19(9-11-21)17-20-12-15-22(16-13-20)14-4-7-18-5-2-1-3-6-18/h1-3,5-6,8-11,20,23H,12-17H2. The van der Waals surface area contributed by atoms with Crippen molar-refractivity contribution in [3.8, 4) is 17.6 Å². The maximum Gasteiger partial charge on any atom is 0.115 e. The second kappa shape index (κ2) is 7.85. The van der Waals surface area contributed by atoms with Gasteiger partial charge in [0.2, 0.25) is 0 Å². The first-order valence-electron chi connectivity index (χ1n) is 8.34. The summed E-state index contributed by atoms with van der Waals surface area (Å²) in [7, 11) is 0. The van der Waals surface area contributed by atoms with E-state index in [-0.39, 0.29) is 0 Å². The summed E-state index contributed by atoms with van der Waals surface area (Å²) in [5, 5.41) is 9.34. The van der Waals surface area contributed by atoms with Crippen LogP contribution in [-0.4, -0.2) is 29.6 Å². The van der Waals surface area contributed by atoms with Crippen molar-refractivity contribution < 1.29 is 5.11 Å². The fraction of sp³-hybridized carbons (Fsp3) is 0.333. The van der Waals surface area contributed by atoms with Gasteiger partial charge < -0.3 is 5.11 Å². The van der Waals surface area contributed by atoms with Gasteiger partial charge in [-0.05, 0) is 68.1 Å². The monoisotopic (exact) mass is 305 g/mol.